The molecule has 0 radical (unpaired) electrons. The minimum Gasteiger partial charge on any atom is -0.334 e. The van der Waals surface area contributed by atoms with Gasteiger partial charge in [-0.3, -0.25) is 14.2 Å². The van der Waals surface area contributed by atoms with Gasteiger partial charge in [-0.25, -0.2) is 0 Å². The second kappa shape index (κ2) is 5.97. The van der Waals surface area contributed by atoms with Crippen LogP contribution in [-0.2, 0) is 20.1 Å². The van der Waals surface area contributed by atoms with Crippen LogP contribution in [0.5, 0.6) is 0 Å². The SMILES string of the molecule is CCn1ncc(Cl)c1CN(C)C(=O)c1c(Br)cnn1C. The zero-order valence-electron chi connectivity index (χ0n) is 11.5. The van der Waals surface area contributed by atoms with Crippen LogP contribution in [0.1, 0.15) is 23.1 Å². The van der Waals surface area contributed by atoms with Crippen molar-refractivity contribution < 1.29 is 4.79 Å². The summed E-state index contributed by atoms with van der Waals surface area (Å²) in [6.07, 6.45) is 3.20. The molecule has 6 nitrogen and oxygen atoms in total. The molecule has 0 aromatic carbocycles. The molecule has 2 aromatic heterocycles. The zero-order valence-corrected chi connectivity index (χ0v) is 13.8. The lowest BCUT2D eigenvalue weighted by atomic mass is 10.3. The summed E-state index contributed by atoms with van der Waals surface area (Å²) in [6, 6.07) is 0. The van der Waals surface area contributed by atoms with E-state index < -0.39 is 0 Å². The highest BCUT2D eigenvalue weighted by molar-refractivity contribution is 9.10. The van der Waals surface area contributed by atoms with Gasteiger partial charge in [0.15, 0.2) is 0 Å². The number of amides is 1. The number of aromatic nitrogens is 4. The zero-order chi connectivity index (χ0) is 14.9. The Morgan fingerprint density at radius 2 is 2.15 bits per heavy atom. The van der Waals surface area contributed by atoms with Crippen molar-refractivity contribution in [2.75, 3.05) is 7.05 Å². The van der Waals surface area contributed by atoms with Crippen molar-refractivity contribution in [1.82, 2.24) is 24.5 Å². The van der Waals surface area contributed by atoms with E-state index in [1.165, 1.54) is 0 Å². The molecule has 0 spiro atoms. The maximum atomic E-state index is 12.4. The smallest absolute Gasteiger partial charge is 0.273 e. The summed E-state index contributed by atoms with van der Waals surface area (Å²) in [6.45, 7) is 3.08. The average molecular weight is 361 g/mol. The highest BCUT2D eigenvalue weighted by Crippen LogP contribution is 2.20. The highest BCUT2D eigenvalue weighted by Gasteiger charge is 2.21. The van der Waals surface area contributed by atoms with Crippen LogP contribution in [0, 0.1) is 0 Å². The third-order valence-corrected chi connectivity index (χ3v) is 3.92. The summed E-state index contributed by atoms with van der Waals surface area (Å²) in [5.41, 5.74) is 1.33. The van der Waals surface area contributed by atoms with Gasteiger partial charge in [0.25, 0.3) is 5.91 Å². The largest absolute Gasteiger partial charge is 0.334 e. The van der Waals surface area contributed by atoms with Crippen molar-refractivity contribution in [1.29, 1.82) is 0 Å². The fourth-order valence-corrected chi connectivity index (χ4v) is 2.66. The lowest BCUT2D eigenvalue weighted by Crippen LogP contribution is -2.29. The van der Waals surface area contributed by atoms with Crippen LogP contribution >= 0.6 is 27.5 Å². The predicted molar refractivity (Wildman–Crippen MR) is 79.6 cm³/mol. The van der Waals surface area contributed by atoms with Crippen LogP contribution in [0.15, 0.2) is 16.9 Å². The average Bonchev–Trinajstić information content (AvgIpc) is 2.93. The number of nitrogens with zero attached hydrogens (tertiary/aromatic N) is 5. The van der Waals surface area contributed by atoms with Gasteiger partial charge in [0.1, 0.15) is 5.69 Å². The standard InChI is InChI=1S/C12H15BrClN5O/c1-4-19-10(9(14)6-16-19)7-17(2)12(20)11-8(13)5-15-18(11)3/h5-6H,4,7H2,1-3H3. The maximum absolute atomic E-state index is 12.4. The van der Waals surface area contributed by atoms with Crippen molar-refractivity contribution in [2.45, 2.75) is 20.0 Å². The molecule has 8 heteroatoms. The Hall–Kier alpha value is -1.34. The summed E-state index contributed by atoms with van der Waals surface area (Å²) in [7, 11) is 3.46. The van der Waals surface area contributed by atoms with E-state index in [0.29, 0.717) is 28.3 Å². The minimum atomic E-state index is -0.128. The Balaban J connectivity index is 2.22. The molecule has 0 saturated carbocycles. The van der Waals surface area contributed by atoms with Gasteiger partial charge in [-0.05, 0) is 22.9 Å². The Morgan fingerprint density at radius 1 is 1.45 bits per heavy atom. The lowest BCUT2D eigenvalue weighted by molar-refractivity contribution is 0.0769. The molecule has 108 valence electrons. The monoisotopic (exact) mass is 359 g/mol. The van der Waals surface area contributed by atoms with Gasteiger partial charge in [0.2, 0.25) is 0 Å². The summed E-state index contributed by atoms with van der Waals surface area (Å²) in [4.78, 5) is 14.0. The number of hydrogen-bond donors (Lipinski definition) is 0. The van der Waals surface area contributed by atoms with E-state index in [4.69, 9.17) is 11.6 Å². The Bertz CT molecular complexity index is 616. The summed E-state index contributed by atoms with van der Waals surface area (Å²) >= 11 is 9.44. The Labute approximate surface area is 130 Å². The third-order valence-electron chi connectivity index (χ3n) is 3.03. The fourth-order valence-electron chi connectivity index (χ4n) is 1.95. The molecule has 1 amide bonds. The van der Waals surface area contributed by atoms with E-state index in [1.54, 1.807) is 40.8 Å². The molecule has 20 heavy (non-hydrogen) atoms. The minimum absolute atomic E-state index is 0.128. The summed E-state index contributed by atoms with van der Waals surface area (Å²) in [5, 5.41) is 8.78. The highest BCUT2D eigenvalue weighted by atomic mass is 79.9. The van der Waals surface area contributed by atoms with Gasteiger partial charge >= 0.3 is 0 Å². The number of aryl methyl sites for hydroxylation is 2. The second-order valence-electron chi connectivity index (χ2n) is 4.38. The van der Waals surface area contributed by atoms with E-state index in [2.05, 4.69) is 26.1 Å². The van der Waals surface area contributed by atoms with Crippen LogP contribution in [0.25, 0.3) is 0 Å². The van der Waals surface area contributed by atoms with E-state index in [0.717, 1.165) is 5.69 Å². The van der Waals surface area contributed by atoms with Gasteiger partial charge < -0.3 is 4.90 Å². The number of halogens is 2. The molecule has 0 fully saturated rings. The summed E-state index contributed by atoms with van der Waals surface area (Å²) in [5.74, 6) is -0.128. The fraction of sp³-hybridized carbons (Fsp3) is 0.417. The van der Waals surface area contributed by atoms with Crippen LogP contribution in [0.3, 0.4) is 0 Å². The van der Waals surface area contributed by atoms with Crippen LogP contribution in [-0.4, -0.2) is 37.4 Å². The van der Waals surface area contributed by atoms with Gasteiger partial charge in [-0.15, -0.1) is 0 Å². The van der Waals surface area contributed by atoms with Gasteiger partial charge in [-0.2, -0.15) is 10.2 Å². The molecule has 0 N–H and O–H groups in total. The maximum Gasteiger partial charge on any atom is 0.273 e. The first kappa shape index (κ1) is 15.1. The molecule has 0 unspecified atom stereocenters. The van der Waals surface area contributed by atoms with Crippen molar-refractivity contribution in [3.8, 4) is 0 Å². The number of rotatable bonds is 4. The van der Waals surface area contributed by atoms with E-state index >= 15 is 0 Å². The second-order valence-corrected chi connectivity index (χ2v) is 5.64. The molecule has 2 heterocycles. The topological polar surface area (TPSA) is 56.0 Å². The molecular formula is C12H15BrClN5O. The van der Waals surface area contributed by atoms with Gasteiger partial charge in [0.05, 0.1) is 34.1 Å². The van der Waals surface area contributed by atoms with Crippen LogP contribution in [0.2, 0.25) is 5.02 Å². The van der Waals surface area contributed by atoms with E-state index in [1.807, 2.05) is 6.92 Å². The lowest BCUT2D eigenvalue weighted by Gasteiger charge is -2.18. The quantitative estimate of drug-likeness (QED) is 0.841. The van der Waals surface area contributed by atoms with E-state index in [9.17, 15) is 4.79 Å². The van der Waals surface area contributed by atoms with Gasteiger partial charge in [-0.1, -0.05) is 11.6 Å². The molecule has 0 aliphatic carbocycles. The van der Waals surface area contributed by atoms with Crippen molar-refractivity contribution >= 4 is 33.4 Å². The predicted octanol–water partition coefficient (Wildman–Crippen LogP) is 2.32. The number of hydrogen-bond acceptors (Lipinski definition) is 3. The number of carbonyl (C=O) groups is 1. The van der Waals surface area contributed by atoms with Crippen molar-refractivity contribution in [2.24, 2.45) is 7.05 Å². The van der Waals surface area contributed by atoms with Gasteiger partial charge in [0, 0.05) is 20.6 Å². The molecule has 0 bridgehead atoms. The molecule has 0 aliphatic rings. The molecule has 2 aromatic rings. The van der Waals surface area contributed by atoms with Crippen molar-refractivity contribution in [3.05, 3.63) is 33.3 Å². The van der Waals surface area contributed by atoms with E-state index in [-0.39, 0.29) is 5.91 Å². The normalized spacial score (nSPS) is 10.8. The first-order valence-electron chi connectivity index (χ1n) is 6.08. The molecule has 2 rings (SSSR count). The van der Waals surface area contributed by atoms with Crippen LogP contribution in [0.4, 0.5) is 0 Å². The first-order chi connectivity index (χ1) is 9.45. The third kappa shape index (κ3) is 2.73. The Morgan fingerprint density at radius 3 is 2.70 bits per heavy atom. The Kier molecular flexibility index (Phi) is 4.49. The molecule has 0 saturated heterocycles. The van der Waals surface area contributed by atoms with Crippen LogP contribution < -0.4 is 0 Å². The first-order valence-corrected chi connectivity index (χ1v) is 7.26. The van der Waals surface area contributed by atoms with Crippen molar-refractivity contribution in [3.63, 3.8) is 0 Å². The summed E-state index contributed by atoms with van der Waals surface area (Å²) < 4.78 is 4.00. The molecular weight excluding hydrogens is 346 g/mol. The number of carbonyl (C=O) groups excluding carboxylic acids is 1. The molecule has 0 atom stereocenters. The molecule has 0 aliphatic heterocycles.